The van der Waals surface area contributed by atoms with Crippen molar-refractivity contribution in [2.24, 2.45) is 0 Å². The SMILES string of the molecule is C[NH2+]C1CN(c2cc(-c3ccc(O)cc3)nc(N)n2)C1. The standard InChI is InChI=1S/C14H17N5O/c1-16-10-7-19(8-10)13-6-12(17-14(15)18-13)9-2-4-11(20)5-3-9/h2-6,10,16,20H,7-8H2,1H3,(H2,15,17,18)/p+1. The molecule has 104 valence electrons. The third-order valence-electron chi connectivity index (χ3n) is 3.60. The van der Waals surface area contributed by atoms with Crippen LogP contribution in [0, 0.1) is 0 Å². The number of aromatic hydroxyl groups is 1. The Kier molecular flexibility index (Phi) is 3.15. The van der Waals surface area contributed by atoms with Gasteiger partial charge in [-0.2, -0.15) is 4.98 Å². The Morgan fingerprint density at radius 2 is 1.95 bits per heavy atom. The summed E-state index contributed by atoms with van der Waals surface area (Å²) in [6, 6.07) is 9.48. The molecule has 1 aliphatic heterocycles. The first-order valence-corrected chi connectivity index (χ1v) is 6.64. The van der Waals surface area contributed by atoms with Gasteiger partial charge in [-0.15, -0.1) is 0 Å². The normalized spacial score (nSPS) is 15.2. The van der Waals surface area contributed by atoms with Crippen molar-refractivity contribution in [2.75, 3.05) is 30.8 Å². The van der Waals surface area contributed by atoms with Crippen LogP contribution in [0.3, 0.4) is 0 Å². The Morgan fingerprint density at radius 1 is 1.25 bits per heavy atom. The molecule has 1 aromatic heterocycles. The molecule has 2 aromatic rings. The van der Waals surface area contributed by atoms with Gasteiger partial charge in [0.2, 0.25) is 5.95 Å². The summed E-state index contributed by atoms with van der Waals surface area (Å²) >= 11 is 0. The van der Waals surface area contributed by atoms with E-state index in [0.29, 0.717) is 6.04 Å². The maximum atomic E-state index is 9.34. The first-order valence-electron chi connectivity index (χ1n) is 6.64. The number of nitrogens with two attached hydrogens (primary N) is 2. The van der Waals surface area contributed by atoms with Gasteiger partial charge in [-0.05, 0) is 24.3 Å². The third-order valence-corrected chi connectivity index (χ3v) is 3.60. The average molecular weight is 272 g/mol. The van der Waals surface area contributed by atoms with Crippen molar-refractivity contribution in [2.45, 2.75) is 6.04 Å². The lowest BCUT2D eigenvalue weighted by Gasteiger charge is -2.37. The van der Waals surface area contributed by atoms with Crippen LogP contribution in [0.5, 0.6) is 5.75 Å². The number of hydrogen-bond donors (Lipinski definition) is 3. The zero-order chi connectivity index (χ0) is 14.1. The van der Waals surface area contributed by atoms with E-state index in [1.54, 1.807) is 12.1 Å². The van der Waals surface area contributed by atoms with Crippen LogP contribution in [0.1, 0.15) is 0 Å². The molecule has 1 aliphatic rings. The highest BCUT2D eigenvalue weighted by molar-refractivity contribution is 5.65. The monoisotopic (exact) mass is 272 g/mol. The van der Waals surface area contributed by atoms with Crippen LogP contribution in [-0.4, -0.2) is 41.3 Å². The van der Waals surface area contributed by atoms with Gasteiger partial charge in [-0.1, -0.05) is 0 Å². The van der Waals surface area contributed by atoms with Crippen LogP contribution >= 0.6 is 0 Å². The van der Waals surface area contributed by atoms with Crippen LogP contribution < -0.4 is 16.0 Å². The summed E-state index contributed by atoms with van der Waals surface area (Å²) < 4.78 is 0. The first kappa shape index (κ1) is 12.7. The van der Waals surface area contributed by atoms with E-state index >= 15 is 0 Å². The highest BCUT2D eigenvalue weighted by Crippen LogP contribution is 2.26. The summed E-state index contributed by atoms with van der Waals surface area (Å²) in [6.45, 7) is 1.95. The predicted molar refractivity (Wildman–Crippen MR) is 77.4 cm³/mol. The number of phenols is 1. The van der Waals surface area contributed by atoms with Gasteiger partial charge in [0.05, 0.1) is 25.8 Å². The molecule has 1 aromatic carbocycles. The number of benzene rings is 1. The summed E-state index contributed by atoms with van der Waals surface area (Å²) in [4.78, 5) is 10.7. The smallest absolute Gasteiger partial charge is 0.222 e. The van der Waals surface area contributed by atoms with Gasteiger partial charge in [0.1, 0.15) is 17.6 Å². The van der Waals surface area contributed by atoms with Gasteiger partial charge in [0, 0.05) is 11.6 Å². The van der Waals surface area contributed by atoms with E-state index in [2.05, 4.69) is 27.2 Å². The molecule has 20 heavy (non-hydrogen) atoms. The molecular formula is C14H18N5O+. The van der Waals surface area contributed by atoms with Gasteiger partial charge in [-0.3, -0.25) is 0 Å². The van der Waals surface area contributed by atoms with Crippen LogP contribution in [0.4, 0.5) is 11.8 Å². The Bertz CT molecular complexity index is 607. The maximum absolute atomic E-state index is 9.34. The largest absolute Gasteiger partial charge is 0.508 e. The van der Waals surface area contributed by atoms with Gasteiger partial charge in [0.15, 0.2) is 0 Å². The summed E-state index contributed by atoms with van der Waals surface area (Å²) in [5.74, 6) is 1.37. The van der Waals surface area contributed by atoms with Crippen molar-refractivity contribution >= 4 is 11.8 Å². The molecule has 0 amide bonds. The number of aromatic nitrogens is 2. The second-order valence-electron chi connectivity index (χ2n) is 5.01. The maximum Gasteiger partial charge on any atom is 0.222 e. The lowest BCUT2D eigenvalue weighted by Crippen LogP contribution is -2.93. The number of quaternary nitrogens is 1. The summed E-state index contributed by atoms with van der Waals surface area (Å²) in [5.41, 5.74) is 7.49. The van der Waals surface area contributed by atoms with Crippen LogP contribution in [0.2, 0.25) is 0 Å². The van der Waals surface area contributed by atoms with E-state index in [1.165, 1.54) is 0 Å². The van der Waals surface area contributed by atoms with Gasteiger partial charge >= 0.3 is 0 Å². The number of nitrogen functional groups attached to an aromatic ring is 1. The molecular weight excluding hydrogens is 254 g/mol. The summed E-state index contributed by atoms with van der Waals surface area (Å²) in [7, 11) is 2.08. The van der Waals surface area contributed by atoms with Crippen molar-refractivity contribution in [1.82, 2.24) is 9.97 Å². The summed E-state index contributed by atoms with van der Waals surface area (Å²) in [6.07, 6.45) is 0. The molecule has 1 fully saturated rings. The number of hydrogen-bond acceptors (Lipinski definition) is 5. The Labute approximate surface area is 117 Å². The molecule has 1 saturated heterocycles. The first-order chi connectivity index (χ1) is 9.65. The number of rotatable bonds is 3. The van der Waals surface area contributed by atoms with Crippen molar-refractivity contribution in [3.8, 4) is 17.0 Å². The fourth-order valence-electron chi connectivity index (χ4n) is 2.31. The van der Waals surface area contributed by atoms with Crippen LogP contribution in [0.15, 0.2) is 30.3 Å². The number of nitrogens with zero attached hydrogens (tertiary/aromatic N) is 3. The Morgan fingerprint density at radius 3 is 2.60 bits per heavy atom. The molecule has 6 nitrogen and oxygen atoms in total. The molecule has 0 spiro atoms. The van der Waals surface area contributed by atoms with E-state index in [0.717, 1.165) is 30.2 Å². The predicted octanol–water partition coefficient (Wildman–Crippen LogP) is -0.187. The molecule has 0 saturated carbocycles. The lowest BCUT2D eigenvalue weighted by molar-refractivity contribution is -0.665. The Hall–Kier alpha value is -2.34. The molecule has 0 radical (unpaired) electrons. The molecule has 0 bridgehead atoms. The highest BCUT2D eigenvalue weighted by Gasteiger charge is 2.29. The Balaban J connectivity index is 1.89. The molecule has 0 atom stereocenters. The van der Waals surface area contributed by atoms with Crippen LogP contribution in [0.25, 0.3) is 11.3 Å². The molecule has 5 N–H and O–H groups in total. The fraction of sp³-hybridized carbons (Fsp3) is 0.286. The van der Waals surface area contributed by atoms with E-state index < -0.39 is 0 Å². The van der Waals surface area contributed by atoms with E-state index in [1.807, 2.05) is 18.2 Å². The summed E-state index contributed by atoms with van der Waals surface area (Å²) in [5, 5.41) is 11.5. The number of phenolic OH excluding ortho intramolecular Hbond substituents is 1. The molecule has 3 rings (SSSR count). The minimum Gasteiger partial charge on any atom is -0.508 e. The van der Waals surface area contributed by atoms with Gasteiger partial charge in [0.25, 0.3) is 0 Å². The second kappa shape index (κ2) is 4.97. The highest BCUT2D eigenvalue weighted by atomic mass is 16.3. The average Bonchev–Trinajstić information content (AvgIpc) is 2.37. The van der Waals surface area contributed by atoms with Crippen molar-refractivity contribution in [1.29, 1.82) is 0 Å². The minimum atomic E-state index is 0.236. The molecule has 0 unspecified atom stereocenters. The topological polar surface area (TPSA) is 91.9 Å². The lowest BCUT2D eigenvalue weighted by atomic mass is 10.1. The zero-order valence-electron chi connectivity index (χ0n) is 11.3. The quantitative estimate of drug-likeness (QED) is 0.720. The minimum absolute atomic E-state index is 0.236. The zero-order valence-corrected chi connectivity index (χ0v) is 11.3. The number of anilines is 2. The van der Waals surface area contributed by atoms with Crippen LogP contribution in [-0.2, 0) is 0 Å². The van der Waals surface area contributed by atoms with Gasteiger partial charge < -0.3 is 21.1 Å². The van der Waals surface area contributed by atoms with E-state index in [4.69, 9.17) is 5.73 Å². The molecule has 6 heteroatoms. The van der Waals surface area contributed by atoms with E-state index in [-0.39, 0.29) is 11.7 Å². The van der Waals surface area contributed by atoms with Crippen molar-refractivity contribution in [3.05, 3.63) is 30.3 Å². The van der Waals surface area contributed by atoms with Crippen molar-refractivity contribution < 1.29 is 10.4 Å². The van der Waals surface area contributed by atoms with E-state index in [9.17, 15) is 5.11 Å². The molecule has 2 heterocycles. The number of likely N-dealkylation sites (N-methyl/N-ethyl adjacent to an activating group) is 1. The van der Waals surface area contributed by atoms with Gasteiger partial charge in [-0.25, -0.2) is 4.98 Å². The molecule has 0 aliphatic carbocycles. The second-order valence-corrected chi connectivity index (χ2v) is 5.01. The van der Waals surface area contributed by atoms with Crippen molar-refractivity contribution in [3.63, 3.8) is 0 Å². The fourth-order valence-corrected chi connectivity index (χ4v) is 2.31. The third kappa shape index (κ3) is 2.37.